The summed E-state index contributed by atoms with van der Waals surface area (Å²) in [5.74, 6) is 2.04. The SMILES string of the molecule is S=c1[nH]nc(-c2cc(-c3cccs3)[nH]n2)n1-c1ccc2c(c1)OCO2. The van der Waals surface area contributed by atoms with Crippen LogP contribution in [-0.4, -0.2) is 31.8 Å². The van der Waals surface area contributed by atoms with Gasteiger partial charge in [0.15, 0.2) is 22.1 Å². The Bertz CT molecular complexity index is 1110. The Morgan fingerprint density at radius 2 is 2.00 bits per heavy atom. The van der Waals surface area contributed by atoms with Crippen molar-refractivity contribution in [3.8, 4) is 39.3 Å². The van der Waals surface area contributed by atoms with Crippen molar-refractivity contribution in [2.24, 2.45) is 0 Å². The van der Waals surface area contributed by atoms with Crippen LogP contribution in [0.15, 0.2) is 41.8 Å². The van der Waals surface area contributed by atoms with Gasteiger partial charge >= 0.3 is 0 Å². The van der Waals surface area contributed by atoms with Crippen LogP contribution in [0, 0.1) is 4.77 Å². The summed E-state index contributed by atoms with van der Waals surface area (Å²) in [5.41, 5.74) is 2.48. The fourth-order valence-electron chi connectivity index (χ4n) is 2.73. The van der Waals surface area contributed by atoms with Crippen LogP contribution in [-0.2, 0) is 0 Å². The first-order chi connectivity index (χ1) is 12.3. The molecule has 0 aliphatic carbocycles. The van der Waals surface area contributed by atoms with Gasteiger partial charge in [0.2, 0.25) is 6.79 Å². The Morgan fingerprint density at radius 3 is 2.88 bits per heavy atom. The number of aromatic amines is 2. The zero-order valence-electron chi connectivity index (χ0n) is 12.7. The van der Waals surface area contributed by atoms with Gasteiger partial charge < -0.3 is 9.47 Å². The average Bonchev–Trinajstić information content (AvgIpc) is 3.39. The Morgan fingerprint density at radius 1 is 1.08 bits per heavy atom. The Hall–Kier alpha value is -2.91. The second kappa shape index (κ2) is 5.57. The highest BCUT2D eigenvalue weighted by Gasteiger charge is 2.18. The largest absolute Gasteiger partial charge is 0.454 e. The van der Waals surface area contributed by atoms with Crippen molar-refractivity contribution in [1.82, 2.24) is 25.0 Å². The van der Waals surface area contributed by atoms with E-state index in [0.29, 0.717) is 22.0 Å². The van der Waals surface area contributed by atoms with E-state index < -0.39 is 0 Å². The summed E-state index contributed by atoms with van der Waals surface area (Å²) in [7, 11) is 0. The molecule has 1 aromatic carbocycles. The van der Waals surface area contributed by atoms with Gasteiger partial charge in [0.1, 0.15) is 5.69 Å². The number of nitrogens with one attached hydrogen (secondary N) is 2. The Labute approximate surface area is 150 Å². The molecular weight excluding hydrogens is 358 g/mol. The average molecular weight is 369 g/mol. The van der Waals surface area contributed by atoms with Crippen LogP contribution in [0.4, 0.5) is 0 Å². The van der Waals surface area contributed by atoms with Crippen molar-refractivity contribution in [3.63, 3.8) is 0 Å². The van der Waals surface area contributed by atoms with Crippen LogP contribution in [0.2, 0.25) is 0 Å². The summed E-state index contributed by atoms with van der Waals surface area (Å²) in [4.78, 5) is 1.11. The Kier molecular flexibility index (Phi) is 3.22. The van der Waals surface area contributed by atoms with E-state index >= 15 is 0 Å². The number of fused-ring (bicyclic) bond motifs is 1. The molecule has 0 radical (unpaired) electrons. The first kappa shape index (κ1) is 14.4. The second-order valence-electron chi connectivity index (χ2n) is 5.37. The molecule has 0 saturated carbocycles. The predicted octanol–water partition coefficient (Wildman–Crippen LogP) is 3.78. The highest BCUT2D eigenvalue weighted by molar-refractivity contribution is 7.71. The summed E-state index contributed by atoms with van der Waals surface area (Å²) in [6.07, 6.45) is 0. The predicted molar refractivity (Wildman–Crippen MR) is 95.8 cm³/mol. The van der Waals surface area contributed by atoms with Gasteiger partial charge in [-0.15, -0.1) is 11.3 Å². The Balaban J connectivity index is 1.61. The van der Waals surface area contributed by atoms with Crippen LogP contribution in [0.3, 0.4) is 0 Å². The number of rotatable bonds is 3. The van der Waals surface area contributed by atoms with Crippen molar-refractivity contribution < 1.29 is 9.47 Å². The van der Waals surface area contributed by atoms with Crippen molar-refractivity contribution in [3.05, 3.63) is 46.5 Å². The normalized spacial score (nSPS) is 12.6. The van der Waals surface area contributed by atoms with Gasteiger partial charge in [-0.2, -0.15) is 10.2 Å². The van der Waals surface area contributed by atoms with E-state index in [2.05, 4.69) is 20.4 Å². The van der Waals surface area contributed by atoms with Crippen LogP contribution >= 0.6 is 23.6 Å². The highest BCUT2D eigenvalue weighted by Crippen LogP contribution is 2.35. The molecule has 4 heterocycles. The van der Waals surface area contributed by atoms with Crippen LogP contribution < -0.4 is 9.47 Å². The summed E-state index contributed by atoms with van der Waals surface area (Å²) in [5, 5.41) is 16.7. The van der Waals surface area contributed by atoms with Crippen LogP contribution in [0.25, 0.3) is 27.8 Å². The fraction of sp³-hybridized carbons (Fsp3) is 0.0625. The molecule has 2 N–H and O–H groups in total. The molecule has 0 bridgehead atoms. The summed E-state index contributed by atoms with van der Waals surface area (Å²) in [6.45, 7) is 0.228. The number of H-pyrrole nitrogens is 2. The third-order valence-electron chi connectivity index (χ3n) is 3.88. The molecule has 0 amide bonds. The summed E-state index contributed by atoms with van der Waals surface area (Å²) in [6, 6.07) is 11.7. The van der Waals surface area contributed by atoms with Gasteiger partial charge in [-0.25, -0.2) is 0 Å². The minimum absolute atomic E-state index is 0.228. The molecule has 124 valence electrons. The lowest BCUT2D eigenvalue weighted by Gasteiger charge is -2.06. The standard InChI is InChI=1S/C16H11N5O2S2/c24-16-20-19-15(11-7-10(17-18-11)14-2-1-5-25-14)21(16)9-3-4-12-13(6-9)23-8-22-12/h1-7H,8H2,(H,17,18)(H,20,24). The molecule has 0 saturated heterocycles. The maximum Gasteiger partial charge on any atom is 0.231 e. The topological polar surface area (TPSA) is 80.8 Å². The molecular formula is C16H11N5O2S2. The molecule has 9 heteroatoms. The van der Waals surface area contributed by atoms with E-state index in [0.717, 1.165) is 22.0 Å². The number of hydrogen-bond donors (Lipinski definition) is 2. The number of thiophene rings is 1. The van der Waals surface area contributed by atoms with E-state index in [-0.39, 0.29) is 6.79 Å². The lowest BCUT2D eigenvalue weighted by molar-refractivity contribution is 0.174. The van der Waals surface area contributed by atoms with Crippen LogP contribution in [0.1, 0.15) is 0 Å². The first-order valence-corrected chi connectivity index (χ1v) is 8.75. The van der Waals surface area contributed by atoms with Crippen molar-refractivity contribution in [2.75, 3.05) is 6.79 Å². The van der Waals surface area contributed by atoms with Gasteiger partial charge in [0.05, 0.1) is 16.3 Å². The smallest absolute Gasteiger partial charge is 0.231 e. The molecule has 1 aliphatic heterocycles. The van der Waals surface area contributed by atoms with Gasteiger partial charge in [0, 0.05) is 6.07 Å². The zero-order valence-corrected chi connectivity index (χ0v) is 14.4. The van der Waals surface area contributed by atoms with Crippen LogP contribution in [0.5, 0.6) is 11.5 Å². The van der Waals surface area contributed by atoms with E-state index in [9.17, 15) is 0 Å². The highest BCUT2D eigenvalue weighted by atomic mass is 32.1. The van der Waals surface area contributed by atoms with Crippen molar-refractivity contribution >= 4 is 23.6 Å². The lowest BCUT2D eigenvalue weighted by Crippen LogP contribution is -1.98. The zero-order chi connectivity index (χ0) is 16.8. The molecule has 25 heavy (non-hydrogen) atoms. The van der Waals surface area contributed by atoms with Gasteiger partial charge in [-0.3, -0.25) is 14.8 Å². The van der Waals surface area contributed by atoms with Gasteiger partial charge in [0.25, 0.3) is 0 Å². The van der Waals surface area contributed by atoms with E-state index in [4.69, 9.17) is 21.7 Å². The molecule has 0 spiro atoms. The lowest BCUT2D eigenvalue weighted by atomic mass is 10.2. The third-order valence-corrected chi connectivity index (χ3v) is 5.06. The molecule has 5 rings (SSSR count). The van der Waals surface area contributed by atoms with Crippen molar-refractivity contribution in [2.45, 2.75) is 0 Å². The summed E-state index contributed by atoms with van der Waals surface area (Å²) >= 11 is 7.05. The molecule has 3 aromatic heterocycles. The van der Waals surface area contributed by atoms with Crippen molar-refractivity contribution in [1.29, 1.82) is 0 Å². The fourth-order valence-corrected chi connectivity index (χ4v) is 3.66. The quantitative estimate of drug-likeness (QED) is 0.537. The first-order valence-electron chi connectivity index (χ1n) is 7.47. The van der Waals surface area contributed by atoms with E-state index in [1.54, 1.807) is 11.3 Å². The third kappa shape index (κ3) is 2.36. The molecule has 0 unspecified atom stereocenters. The molecule has 0 fully saturated rings. The number of ether oxygens (including phenoxy) is 2. The minimum atomic E-state index is 0.228. The maximum atomic E-state index is 5.46. The molecule has 7 nitrogen and oxygen atoms in total. The second-order valence-corrected chi connectivity index (χ2v) is 6.70. The molecule has 0 atom stereocenters. The monoisotopic (exact) mass is 369 g/mol. The number of aromatic nitrogens is 5. The number of benzene rings is 1. The van der Waals surface area contributed by atoms with E-state index in [1.807, 2.05) is 46.3 Å². The maximum absolute atomic E-state index is 5.46. The number of nitrogens with zero attached hydrogens (tertiary/aromatic N) is 3. The molecule has 1 aliphatic rings. The molecule has 4 aromatic rings. The minimum Gasteiger partial charge on any atom is -0.454 e. The van der Waals surface area contributed by atoms with Gasteiger partial charge in [-0.05, 0) is 41.9 Å². The summed E-state index contributed by atoms with van der Waals surface area (Å²) < 4.78 is 13.1. The number of hydrogen-bond acceptors (Lipinski definition) is 6. The van der Waals surface area contributed by atoms with Gasteiger partial charge in [-0.1, -0.05) is 6.07 Å². The van der Waals surface area contributed by atoms with E-state index in [1.165, 1.54) is 0 Å².